The molecule has 2 aromatic rings. The number of hydrogen-bond acceptors (Lipinski definition) is 3. The van der Waals surface area contributed by atoms with Crippen LogP contribution in [0.5, 0.6) is 0 Å². The van der Waals surface area contributed by atoms with Gasteiger partial charge < -0.3 is 10.6 Å². The first-order valence-electron chi connectivity index (χ1n) is 5.62. The van der Waals surface area contributed by atoms with Gasteiger partial charge in [-0.1, -0.05) is 0 Å². The van der Waals surface area contributed by atoms with E-state index in [4.69, 9.17) is 5.73 Å². The van der Waals surface area contributed by atoms with Crippen LogP contribution in [-0.2, 0) is 0 Å². The van der Waals surface area contributed by atoms with Crippen LogP contribution in [0.3, 0.4) is 0 Å². The maximum atomic E-state index is 13.2. The molecule has 2 amide bonds. The summed E-state index contributed by atoms with van der Waals surface area (Å²) in [5, 5.41) is 6.90. The van der Waals surface area contributed by atoms with Crippen LogP contribution < -0.4 is 11.3 Å². The van der Waals surface area contributed by atoms with Crippen molar-refractivity contribution < 1.29 is 9.18 Å². The molecule has 19 heavy (non-hydrogen) atoms. The largest absolute Gasteiger partial charge is 0.351 e. The number of amides is 2. The molecular weight excluding hydrogens is 251 g/mol. The minimum absolute atomic E-state index is 0.190. The number of carbonyl (C=O) groups is 1. The van der Waals surface area contributed by atoms with Crippen molar-refractivity contribution in [3.8, 4) is 0 Å². The predicted octanol–water partition coefficient (Wildman–Crippen LogP) is 1.13. The van der Waals surface area contributed by atoms with Crippen LogP contribution in [0.4, 0.5) is 9.18 Å². The summed E-state index contributed by atoms with van der Waals surface area (Å²) in [7, 11) is 1.52. The molecule has 7 heteroatoms. The molecule has 1 atom stereocenters. The van der Waals surface area contributed by atoms with Crippen LogP contribution in [0, 0.1) is 5.82 Å². The van der Waals surface area contributed by atoms with Crippen molar-refractivity contribution in [2.45, 2.75) is 13.0 Å². The minimum Gasteiger partial charge on any atom is -0.351 e. The van der Waals surface area contributed by atoms with Crippen LogP contribution in [0.1, 0.15) is 18.7 Å². The number of hydrogen-bond donors (Lipinski definition) is 2. The number of urea groups is 1. The Morgan fingerprint density at radius 3 is 2.79 bits per heavy atom. The van der Waals surface area contributed by atoms with E-state index in [1.54, 1.807) is 6.92 Å². The molecule has 1 heterocycles. The van der Waals surface area contributed by atoms with Crippen molar-refractivity contribution in [2.24, 2.45) is 5.73 Å². The molecule has 1 aromatic carbocycles. The van der Waals surface area contributed by atoms with Gasteiger partial charge in [-0.2, -0.15) is 5.10 Å². The number of H-pyrrole nitrogens is 1. The molecule has 0 aliphatic carbocycles. The number of nitrogens with one attached hydrogen (secondary N) is 1. The van der Waals surface area contributed by atoms with E-state index in [0.29, 0.717) is 11.1 Å². The Bertz CT molecular complexity index is 698. The number of aromatic nitrogens is 2. The second-order valence-corrected chi connectivity index (χ2v) is 4.25. The summed E-state index contributed by atoms with van der Waals surface area (Å²) < 4.78 is 13.2. The molecule has 0 bridgehead atoms. The highest BCUT2D eigenvalue weighted by Crippen LogP contribution is 2.23. The first-order valence-corrected chi connectivity index (χ1v) is 5.62. The first kappa shape index (κ1) is 13.0. The van der Waals surface area contributed by atoms with Gasteiger partial charge in [0.15, 0.2) is 0 Å². The molecule has 0 aliphatic heterocycles. The molecule has 0 saturated carbocycles. The molecule has 1 unspecified atom stereocenters. The van der Waals surface area contributed by atoms with Gasteiger partial charge in [-0.3, -0.25) is 4.79 Å². The average molecular weight is 264 g/mol. The zero-order valence-corrected chi connectivity index (χ0v) is 10.5. The molecule has 0 aliphatic rings. The second kappa shape index (κ2) is 4.68. The smallest absolute Gasteiger partial charge is 0.315 e. The molecule has 0 spiro atoms. The molecule has 3 N–H and O–H groups in total. The van der Waals surface area contributed by atoms with E-state index >= 15 is 0 Å². The fourth-order valence-electron chi connectivity index (χ4n) is 1.85. The van der Waals surface area contributed by atoms with Crippen LogP contribution in [0.25, 0.3) is 10.8 Å². The maximum Gasteiger partial charge on any atom is 0.315 e. The predicted molar refractivity (Wildman–Crippen MR) is 68.1 cm³/mol. The van der Waals surface area contributed by atoms with Crippen LogP contribution in [0.15, 0.2) is 23.0 Å². The normalized spacial score (nSPS) is 12.4. The molecule has 0 saturated heterocycles. The van der Waals surface area contributed by atoms with Gasteiger partial charge >= 0.3 is 6.03 Å². The molecule has 100 valence electrons. The highest BCUT2D eigenvalue weighted by molar-refractivity contribution is 5.84. The van der Waals surface area contributed by atoms with Gasteiger partial charge in [0.2, 0.25) is 0 Å². The lowest BCUT2D eigenvalue weighted by atomic mass is 10.1. The SMILES string of the molecule is CC(c1n[nH]c(=O)c2cc(F)ccc12)N(C)C(N)=O. The fraction of sp³-hybridized carbons (Fsp3) is 0.250. The average Bonchev–Trinajstić information content (AvgIpc) is 2.38. The number of nitrogens with two attached hydrogens (primary N) is 1. The fourth-order valence-corrected chi connectivity index (χ4v) is 1.85. The van der Waals surface area contributed by atoms with Gasteiger partial charge in [-0.15, -0.1) is 0 Å². The van der Waals surface area contributed by atoms with Crippen LogP contribution >= 0.6 is 0 Å². The van der Waals surface area contributed by atoms with E-state index in [-0.39, 0.29) is 5.39 Å². The minimum atomic E-state index is -0.615. The van der Waals surface area contributed by atoms with E-state index in [9.17, 15) is 14.0 Å². The highest BCUT2D eigenvalue weighted by Gasteiger charge is 2.19. The number of nitrogens with zero attached hydrogens (tertiary/aromatic N) is 2. The van der Waals surface area contributed by atoms with Crippen molar-refractivity contribution in [3.63, 3.8) is 0 Å². The summed E-state index contributed by atoms with van der Waals surface area (Å²) >= 11 is 0. The van der Waals surface area contributed by atoms with Crippen LogP contribution in [-0.4, -0.2) is 28.2 Å². The van der Waals surface area contributed by atoms with Gasteiger partial charge in [-0.05, 0) is 25.1 Å². The summed E-state index contributed by atoms with van der Waals surface area (Å²) in [5.41, 5.74) is 5.17. The highest BCUT2D eigenvalue weighted by atomic mass is 19.1. The van der Waals surface area contributed by atoms with Crippen molar-refractivity contribution in [1.29, 1.82) is 0 Å². The van der Waals surface area contributed by atoms with Crippen molar-refractivity contribution in [2.75, 3.05) is 7.05 Å². The number of aromatic amines is 1. The van der Waals surface area contributed by atoms with E-state index < -0.39 is 23.4 Å². The third-order valence-electron chi connectivity index (χ3n) is 3.10. The third kappa shape index (κ3) is 2.26. The van der Waals surface area contributed by atoms with Gasteiger partial charge in [0.05, 0.1) is 17.1 Å². The van der Waals surface area contributed by atoms with E-state index in [2.05, 4.69) is 10.2 Å². The zero-order chi connectivity index (χ0) is 14.2. The summed E-state index contributed by atoms with van der Waals surface area (Å²) in [6, 6.07) is 2.78. The van der Waals surface area contributed by atoms with Gasteiger partial charge in [0.1, 0.15) is 5.82 Å². The molecule has 0 fully saturated rings. The Hall–Kier alpha value is -2.44. The number of fused-ring (bicyclic) bond motifs is 1. The maximum absolute atomic E-state index is 13.2. The van der Waals surface area contributed by atoms with Crippen molar-refractivity contribution in [3.05, 3.63) is 40.1 Å². The van der Waals surface area contributed by atoms with Crippen molar-refractivity contribution >= 4 is 16.8 Å². The van der Waals surface area contributed by atoms with Gasteiger partial charge in [-0.25, -0.2) is 14.3 Å². The number of benzene rings is 1. The third-order valence-corrected chi connectivity index (χ3v) is 3.10. The van der Waals surface area contributed by atoms with E-state index in [1.165, 1.54) is 24.1 Å². The van der Waals surface area contributed by atoms with Gasteiger partial charge in [0.25, 0.3) is 5.56 Å². The second-order valence-electron chi connectivity index (χ2n) is 4.25. The number of rotatable bonds is 2. The lowest BCUT2D eigenvalue weighted by Crippen LogP contribution is -2.35. The Balaban J connectivity index is 2.65. The Morgan fingerprint density at radius 2 is 2.16 bits per heavy atom. The Morgan fingerprint density at radius 1 is 1.47 bits per heavy atom. The molecule has 6 nitrogen and oxygen atoms in total. The first-order chi connectivity index (χ1) is 8.91. The summed E-state index contributed by atoms with van der Waals surface area (Å²) in [6.07, 6.45) is 0. The van der Waals surface area contributed by atoms with E-state index in [1.807, 2.05) is 0 Å². The monoisotopic (exact) mass is 264 g/mol. The molecule has 0 radical (unpaired) electrons. The molecule has 2 rings (SSSR count). The standard InChI is InChI=1S/C12H13FN4O2/c1-6(17(2)12(14)19)10-8-4-3-7(13)5-9(8)11(18)16-15-10/h3-6H,1-2H3,(H2,14,19)(H,16,18). The number of halogens is 1. The van der Waals surface area contributed by atoms with Crippen LogP contribution in [0.2, 0.25) is 0 Å². The Labute approximate surface area is 108 Å². The number of primary amides is 1. The topological polar surface area (TPSA) is 92.1 Å². The Kier molecular flexibility index (Phi) is 3.20. The molecular formula is C12H13FN4O2. The van der Waals surface area contributed by atoms with E-state index in [0.717, 1.165) is 6.07 Å². The van der Waals surface area contributed by atoms with Gasteiger partial charge in [0, 0.05) is 12.4 Å². The lowest BCUT2D eigenvalue weighted by Gasteiger charge is -2.22. The number of carbonyl (C=O) groups excluding carboxylic acids is 1. The summed E-state index contributed by atoms with van der Waals surface area (Å²) in [6.45, 7) is 1.72. The summed E-state index contributed by atoms with van der Waals surface area (Å²) in [5.74, 6) is -0.508. The lowest BCUT2D eigenvalue weighted by molar-refractivity contribution is 0.203. The quantitative estimate of drug-likeness (QED) is 0.851. The van der Waals surface area contributed by atoms with Crippen molar-refractivity contribution in [1.82, 2.24) is 15.1 Å². The summed E-state index contributed by atoms with van der Waals surface area (Å²) in [4.78, 5) is 24.1. The molecule has 1 aromatic heterocycles. The zero-order valence-electron chi connectivity index (χ0n) is 10.5.